The maximum atomic E-state index is 11.1. The summed E-state index contributed by atoms with van der Waals surface area (Å²) >= 11 is 0. The van der Waals surface area contributed by atoms with Gasteiger partial charge in [-0.2, -0.15) is 0 Å². The molecule has 1 heterocycles. The van der Waals surface area contributed by atoms with E-state index < -0.39 is 18.0 Å². The average Bonchev–Trinajstić information content (AvgIpc) is 2.17. The fraction of sp³-hybridized carbons (Fsp3) is 0.500. The normalized spacial score (nSPS) is 30.3. The number of esters is 1. The van der Waals surface area contributed by atoms with Crippen LogP contribution in [0.25, 0.3) is 0 Å². The van der Waals surface area contributed by atoms with Crippen LogP contribution in [0, 0.1) is 5.92 Å². The van der Waals surface area contributed by atoms with Gasteiger partial charge in [0.25, 0.3) is 0 Å². The summed E-state index contributed by atoms with van der Waals surface area (Å²) in [6.07, 6.45) is 1.39. The lowest BCUT2D eigenvalue weighted by molar-refractivity contribution is -0.143. The molecule has 0 spiro atoms. The van der Waals surface area contributed by atoms with Crippen molar-refractivity contribution in [3.05, 3.63) is 12.7 Å². The maximum Gasteiger partial charge on any atom is 0.317 e. The molecule has 0 N–H and O–H groups in total. The summed E-state index contributed by atoms with van der Waals surface area (Å²) in [7, 11) is 0. The zero-order valence-electron chi connectivity index (χ0n) is 6.37. The number of cyclic esters (lactones) is 1. The Bertz CT molecular complexity index is 207. The van der Waals surface area contributed by atoms with Crippen molar-refractivity contribution in [2.75, 3.05) is 0 Å². The lowest BCUT2D eigenvalue weighted by Crippen LogP contribution is -2.17. The molecule has 0 bridgehead atoms. The molecule has 0 aromatic heterocycles. The number of ether oxygens (including phenoxy) is 1. The average molecular weight is 154 g/mol. The lowest BCUT2D eigenvalue weighted by atomic mass is 10.0. The molecule has 0 unspecified atom stereocenters. The molecule has 11 heavy (non-hydrogen) atoms. The molecule has 2 atom stereocenters. The van der Waals surface area contributed by atoms with Crippen molar-refractivity contribution >= 4 is 11.8 Å². The van der Waals surface area contributed by atoms with Crippen molar-refractivity contribution < 1.29 is 14.3 Å². The van der Waals surface area contributed by atoms with Crippen molar-refractivity contribution in [2.24, 2.45) is 5.92 Å². The van der Waals surface area contributed by atoms with Gasteiger partial charge >= 0.3 is 5.97 Å². The third kappa shape index (κ3) is 1.31. The van der Waals surface area contributed by atoms with Crippen LogP contribution in [0.2, 0.25) is 0 Å². The number of allylic oxidation sites excluding steroid dienone is 1. The molecule has 0 aliphatic carbocycles. The topological polar surface area (TPSA) is 43.4 Å². The number of ketones is 1. The smallest absolute Gasteiger partial charge is 0.317 e. The minimum Gasteiger partial charge on any atom is -0.454 e. The Morgan fingerprint density at radius 3 is 2.64 bits per heavy atom. The predicted octanol–water partition coefficient (Wildman–Crippen LogP) is 0.693. The summed E-state index contributed by atoms with van der Waals surface area (Å²) in [6, 6.07) is 0. The second-order valence-corrected chi connectivity index (χ2v) is 2.56. The minimum absolute atomic E-state index is 0.130. The van der Waals surface area contributed by atoms with E-state index in [2.05, 4.69) is 6.58 Å². The molecule has 3 nitrogen and oxygen atoms in total. The summed E-state index contributed by atoms with van der Waals surface area (Å²) in [5.41, 5.74) is 0. The van der Waals surface area contributed by atoms with Gasteiger partial charge in [0.2, 0.25) is 0 Å². The van der Waals surface area contributed by atoms with Crippen LogP contribution in [0.5, 0.6) is 0 Å². The molecule has 0 aromatic rings. The van der Waals surface area contributed by atoms with Crippen LogP contribution in [0.4, 0.5) is 0 Å². The number of hydrogen-bond acceptors (Lipinski definition) is 3. The van der Waals surface area contributed by atoms with Gasteiger partial charge in [-0.05, 0) is 13.3 Å². The van der Waals surface area contributed by atoms with Crippen LogP contribution in [0.3, 0.4) is 0 Å². The molecule has 1 aliphatic heterocycles. The predicted molar refractivity (Wildman–Crippen MR) is 38.9 cm³/mol. The highest BCUT2D eigenvalue weighted by atomic mass is 16.6. The number of carbonyl (C=O) groups excluding carboxylic acids is 2. The molecule has 0 saturated carbocycles. The Morgan fingerprint density at radius 2 is 2.27 bits per heavy atom. The number of carbonyl (C=O) groups is 2. The number of hydrogen-bond donors (Lipinski definition) is 0. The highest BCUT2D eigenvalue weighted by Gasteiger charge is 2.39. The van der Waals surface area contributed by atoms with Gasteiger partial charge in [-0.3, -0.25) is 9.59 Å². The quantitative estimate of drug-likeness (QED) is 0.334. The Morgan fingerprint density at radius 1 is 1.64 bits per heavy atom. The first-order valence-electron chi connectivity index (χ1n) is 3.52. The first-order chi connectivity index (χ1) is 5.16. The van der Waals surface area contributed by atoms with E-state index in [9.17, 15) is 9.59 Å². The summed E-state index contributed by atoms with van der Waals surface area (Å²) < 4.78 is 4.70. The summed E-state index contributed by atoms with van der Waals surface area (Å²) in [6.45, 7) is 5.04. The van der Waals surface area contributed by atoms with Gasteiger partial charge in [0.1, 0.15) is 5.92 Å². The second-order valence-electron chi connectivity index (χ2n) is 2.56. The Hall–Kier alpha value is -1.12. The Kier molecular flexibility index (Phi) is 2.08. The molecule has 1 aliphatic rings. The molecule has 1 fully saturated rings. The number of rotatable bonds is 2. The van der Waals surface area contributed by atoms with Crippen molar-refractivity contribution in [2.45, 2.75) is 19.4 Å². The van der Waals surface area contributed by atoms with Gasteiger partial charge in [0, 0.05) is 0 Å². The van der Waals surface area contributed by atoms with E-state index in [1.54, 1.807) is 13.0 Å². The maximum absolute atomic E-state index is 11.1. The third-order valence-corrected chi connectivity index (χ3v) is 1.72. The summed E-state index contributed by atoms with van der Waals surface area (Å²) in [5, 5.41) is 0. The molecule has 0 aromatic carbocycles. The van der Waals surface area contributed by atoms with Crippen LogP contribution in [-0.4, -0.2) is 17.9 Å². The zero-order chi connectivity index (χ0) is 8.43. The number of Topliss-reactive ketones (excluding diaryl/α,β-unsaturated/α-hetero) is 1. The molecular weight excluding hydrogens is 144 g/mol. The first kappa shape index (κ1) is 7.98. The van der Waals surface area contributed by atoms with Crippen molar-refractivity contribution in [1.82, 2.24) is 0 Å². The van der Waals surface area contributed by atoms with Gasteiger partial charge in [0.05, 0.1) is 0 Å². The highest BCUT2D eigenvalue weighted by Crippen LogP contribution is 2.19. The third-order valence-electron chi connectivity index (χ3n) is 1.72. The molecule has 0 radical (unpaired) electrons. The van der Waals surface area contributed by atoms with Crippen molar-refractivity contribution in [3.8, 4) is 0 Å². The van der Waals surface area contributed by atoms with E-state index in [4.69, 9.17) is 4.74 Å². The first-order valence-corrected chi connectivity index (χ1v) is 3.52. The van der Waals surface area contributed by atoms with E-state index in [1.807, 2.05) is 0 Å². The van der Waals surface area contributed by atoms with Crippen LogP contribution in [-0.2, 0) is 14.3 Å². The van der Waals surface area contributed by atoms with E-state index in [-0.39, 0.29) is 5.78 Å². The van der Waals surface area contributed by atoms with Gasteiger partial charge in [-0.15, -0.1) is 6.58 Å². The SMILES string of the molecule is C=CC[C@H]1C(=O)O[C@@H](C)C1=O. The van der Waals surface area contributed by atoms with Crippen LogP contribution >= 0.6 is 0 Å². The molecule has 60 valence electrons. The molecule has 0 amide bonds. The van der Waals surface area contributed by atoms with Gasteiger partial charge in [-0.25, -0.2) is 0 Å². The molecule has 3 heteroatoms. The molecule has 1 saturated heterocycles. The van der Waals surface area contributed by atoms with Crippen LogP contribution < -0.4 is 0 Å². The monoisotopic (exact) mass is 154 g/mol. The summed E-state index contributed by atoms with van der Waals surface area (Å²) in [4.78, 5) is 22.0. The molecule has 1 rings (SSSR count). The van der Waals surface area contributed by atoms with E-state index in [1.165, 1.54) is 0 Å². The van der Waals surface area contributed by atoms with Crippen LogP contribution in [0.15, 0.2) is 12.7 Å². The van der Waals surface area contributed by atoms with E-state index in [0.29, 0.717) is 6.42 Å². The zero-order valence-corrected chi connectivity index (χ0v) is 6.37. The fourth-order valence-corrected chi connectivity index (χ4v) is 1.09. The standard InChI is InChI=1S/C8H10O3/c1-3-4-6-7(9)5(2)11-8(6)10/h3,5-6H,1,4H2,2H3/t5-,6+/m0/s1. The van der Waals surface area contributed by atoms with E-state index >= 15 is 0 Å². The molecular formula is C8H10O3. The Balaban J connectivity index is 2.71. The summed E-state index contributed by atoms with van der Waals surface area (Å²) in [5.74, 6) is -1.14. The fourth-order valence-electron chi connectivity index (χ4n) is 1.09. The van der Waals surface area contributed by atoms with Gasteiger partial charge in [-0.1, -0.05) is 6.08 Å². The Labute approximate surface area is 65.0 Å². The van der Waals surface area contributed by atoms with Gasteiger partial charge in [0.15, 0.2) is 11.9 Å². The van der Waals surface area contributed by atoms with Crippen LogP contribution in [0.1, 0.15) is 13.3 Å². The largest absolute Gasteiger partial charge is 0.454 e. The lowest BCUT2D eigenvalue weighted by Gasteiger charge is -1.96. The minimum atomic E-state index is -0.595. The van der Waals surface area contributed by atoms with Crippen molar-refractivity contribution in [3.63, 3.8) is 0 Å². The van der Waals surface area contributed by atoms with Gasteiger partial charge < -0.3 is 4.74 Å². The highest BCUT2D eigenvalue weighted by molar-refractivity contribution is 6.06. The second kappa shape index (κ2) is 2.86. The van der Waals surface area contributed by atoms with Crippen molar-refractivity contribution in [1.29, 1.82) is 0 Å². The van der Waals surface area contributed by atoms with E-state index in [0.717, 1.165) is 0 Å².